The number of nitrogens with zero attached hydrogens (tertiary/aromatic N) is 1. The second-order valence-electron chi connectivity index (χ2n) is 24.9. The van der Waals surface area contributed by atoms with E-state index < -0.39 is 0 Å². The molecular formula is C76H97NO3S10. The van der Waals surface area contributed by atoms with E-state index in [2.05, 4.69) is 102 Å². The van der Waals surface area contributed by atoms with Crippen molar-refractivity contribution in [1.29, 1.82) is 0 Å². The first-order chi connectivity index (χ1) is 44.1. The fourth-order valence-electron chi connectivity index (χ4n) is 12.6. The van der Waals surface area contributed by atoms with E-state index in [4.69, 9.17) is 12.2 Å². The maximum atomic E-state index is 14.4. The second kappa shape index (κ2) is 37.2. The Morgan fingerprint density at radius 1 is 0.411 bits per heavy atom. The van der Waals surface area contributed by atoms with Crippen LogP contribution in [0, 0.1) is 5.92 Å². The Morgan fingerprint density at radius 2 is 0.811 bits per heavy atom. The van der Waals surface area contributed by atoms with Gasteiger partial charge < -0.3 is 0 Å². The molecule has 1 fully saturated rings. The van der Waals surface area contributed by atoms with E-state index in [0.29, 0.717) is 16.8 Å². The molecule has 0 bridgehead atoms. The van der Waals surface area contributed by atoms with Crippen LogP contribution in [0.4, 0.5) is 0 Å². The van der Waals surface area contributed by atoms with Crippen molar-refractivity contribution >= 4 is 154 Å². The molecule has 14 heteroatoms. The molecule has 0 saturated carbocycles. The zero-order chi connectivity index (χ0) is 63.2. The highest BCUT2D eigenvalue weighted by atomic mass is 32.2. The van der Waals surface area contributed by atoms with Crippen LogP contribution in [0.2, 0.25) is 0 Å². The number of carbonyl (C=O) groups is 3. The molecule has 0 spiro atoms. The molecule has 8 aromatic rings. The van der Waals surface area contributed by atoms with Gasteiger partial charge >= 0.3 is 0 Å². The van der Waals surface area contributed by atoms with Crippen molar-refractivity contribution in [1.82, 2.24) is 4.90 Å². The zero-order valence-corrected chi connectivity index (χ0v) is 62.8. The predicted octanol–water partition coefficient (Wildman–Crippen LogP) is 28.0. The van der Waals surface area contributed by atoms with E-state index in [0.717, 1.165) is 96.3 Å². The molecule has 9 heterocycles. The number of amides is 1. The highest BCUT2D eigenvalue weighted by Crippen LogP contribution is 2.55. The lowest BCUT2D eigenvalue weighted by Crippen LogP contribution is -2.33. The molecule has 1 aliphatic heterocycles. The number of hydrogen-bond acceptors (Lipinski definition) is 13. The van der Waals surface area contributed by atoms with Crippen LogP contribution in [-0.4, -0.2) is 34.2 Å². The first-order valence-corrected chi connectivity index (χ1v) is 42.3. The van der Waals surface area contributed by atoms with Crippen molar-refractivity contribution in [2.24, 2.45) is 5.92 Å². The molecule has 1 aliphatic rings. The zero-order valence-electron chi connectivity index (χ0n) is 54.6. The summed E-state index contributed by atoms with van der Waals surface area (Å²) in [5, 5.41) is 1.27. The maximum absolute atomic E-state index is 14.4. The molecule has 90 heavy (non-hydrogen) atoms. The van der Waals surface area contributed by atoms with Crippen LogP contribution in [0.25, 0.3) is 74.7 Å². The van der Waals surface area contributed by atoms with Crippen molar-refractivity contribution in [3.8, 4) is 58.5 Å². The summed E-state index contributed by atoms with van der Waals surface area (Å²) in [5.74, 6) is 0.482. The Morgan fingerprint density at radius 3 is 1.23 bits per heavy atom. The van der Waals surface area contributed by atoms with Crippen molar-refractivity contribution in [2.75, 3.05) is 6.54 Å². The summed E-state index contributed by atoms with van der Waals surface area (Å²) < 4.78 is 1.97. The van der Waals surface area contributed by atoms with Crippen molar-refractivity contribution in [2.45, 2.75) is 247 Å². The molecule has 9 rings (SSSR count). The number of carbonyl (C=O) groups excluding carboxylic acids is 3. The molecule has 4 nitrogen and oxygen atoms in total. The molecule has 1 amide bonds. The van der Waals surface area contributed by atoms with Gasteiger partial charge in [-0.25, -0.2) is 0 Å². The maximum Gasteiger partial charge on any atom is 0.266 e. The smallest absolute Gasteiger partial charge is 0.266 e. The average Bonchev–Trinajstić information content (AvgIpc) is 1.63. The Hall–Kier alpha value is -3.15. The lowest BCUT2D eigenvalue weighted by molar-refractivity contribution is -0.122. The van der Waals surface area contributed by atoms with E-state index in [1.165, 1.54) is 244 Å². The summed E-state index contributed by atoms with van der Waals surface area (Å²) in [5.41, 5.74) is 5.52. The number of hydrogen-bond donors (Lipinski definition) is 0. The van der Waals surface area contributed by atoms with Crippen LogP contribution < -0.4 is 0 Å². The minimum absolute atomic E-state index is 0.0466. The number of thiophene rings is 8. The normalized spacial score (nSPS) is 13.6. The lowest BCUT2D eigenvalue weighted by atomic mass is 9.99. The molecule has 8 aromatic heterocycles. The van der Waals surface area contributed by atoms with E-state index >= 15 is 0 Å². The predicted molar refractivity (Wildman–Crippen MR) is 412 cm³/mol. The van der Waals surface area contributed by atoms with Crippen LogP contribution in [0.3, 0.4) is 0 Å². The molecule has 1 atom stereocenters. The summed E-state index contributed by atoms with van der Waals surface area (Å²) in [6, 6.07) is 21.2. The van der Waals surface area contributed by atoms with E-state index in [1.807, 2.05) is 72.9 Å². The highest BCUT2D eigenvalue weighted by molar-refractivity contribution is 8.26. The SMILES string of the molecule is CCCCCCCCc1cc(C=O)sc1-c1ccc(-c2sc(-c3sc(-c4cc(CCCCCCCC)c(-c5ccc(-c6sc(C=O)cc6CCCCCCCC)s5)s4)c4sc(C=C5SC(=S)N(CC(CC)CCCC)C5=O)cc34)cc2CCCCCCCC)s1. The summed E-state index contributed by atoms with van der Waals surface area (Å²) in [6.45, 7) is 14.3. The van der Waals surface area contributed by atoms with Gasteiger partial charge in [-0.3, -0.25) is 19.3 Å². The van der Waals surface area contributed by atoms with Crippen molar-refractivity contribution in [3.05, 3.63) is 96.4 Å². The average molecular weight is 1390 g/mol. The third-order valence-electron chi connectivity index (χ3n) is 17.8. The Kier molecular flexibility index (Phi) is 29.4. The van der Waals surface area contributed by atoms with Gasteiger partial charge in [0.2, 0.25) is 0 Å². The Balaban J connectivity index is 1.12. The monoisotopic (exact) mass is 1390 g/mol. The highest BCUT2D eigenvalue weighted by Gasteiger charge is 2.34. The standard InChI is InChI=1S/C76H97NO3S10/c1-7-13-18-22-26-30-35-53-43-58(50-78)83-68(53)61-39-41-63(85-61)70-55(37-32-28-24-20-15-9-3)45-65(87-70)72-60-47-57(48-67-75(80)77(76(81)89-67)49-52(12-6)34-17-11-5)82-73(60)74(90-72)66-46-56(38-33-29-25-21-16-10-4)71(88-66)64-42-40-62(86-64)69-54(44-59(51-79)84-69)36-31-27-23-19-14-8-2/h39-48,50-52H,7-38,49H2,1-6H3. The molecule has 1 unspecified atom stereocenters. The third-order valence-corrected chi connectivity index (χ3v) is 29.4. The van der Waals surface area contributed by atoms with Gasteiger partial charge in [-0.05, 0) is 147 Å². The van der Waals surface area contributed by atoms with E-state index in [1.54, 1.807) is 22.7 Å². The van der Waals surface area contributed by atoms with Gasteiger partial charge in [-0.15, -0.1) is 90.7 Å². The van der Waals surface area contributed by atoms with Gasteiger partial charge in [0.15, 0.2) is 12.6 Å². The van der Waals surface area contributed by atoms with Gasteiger partial charge in [-0.1, -0.05) is 213 Å². The Labute approximate surface area is 581 Å². The largest absolute Gasteiger partial charge is 0.297 e. The fraction of sp³-hybridized carbons (Fsp3) is 0.526. The molecule has 484 valence electrons. The topological polar surface area (TPSA) is 54.5 Å². The third kappa shape index (κ3) is 19.1. The van der Waals surface area contributed by atoms with Gasteiger partial charge in [0, 0.05) is 65.6 Å². The molecular weight excluding hydrogens is 1300 g/mol. The summed E-state index contributed by atoms with van der Waals surface area (Å²) in [4.78, 5) is 60.1. The summed E-state index contributed by atoms with van der Waals surface area (Å²) in [7, 11) is 0. The number of unbranched alkanes of at least 4 members (excludes halogenated alkanes) is 21. The van der Waals surface area contributed by atoms with Crippen LogP contribution in [0.5, 0.6) is 0 Å². The quantitative estimate of drug-likeness (QED) is 0.0165. The van der Waals surface area contributed by atoms with Crippen molar-refractivity contribution < 1.29 is 14.4 Å². The van der Waals surface area contributed by atoms with Crippen LogP contribution in [0.1, 0.15) is 268 Å². The number of aryl methyl sites for hydroxylation is 4. The van der Waals surface area contributed by atoms with E-state index in [9.17, 15) is 14.4 Å². The van der Waals surface area contributed by atoms with Gasteiger partial charge in [0.25, 0.3) is 5.91 Å². The first-order valence-electron chi connectivity index (χ1n) is 34.6. The first kappa shape index (κ1) is 71.2. The fourth-order valence-corrected chi connectivity index (χ4v) is 23.8. The summed E-state index contributed by atoms with van der Waals surface area (Å²) >= 11 is 22.3. The molecule has 0 radical (unpaired) electrons. The van der Waals surface area contributed by atoms with Gasteiger partial charge in [0.05, 0.1) is 29.1 Å². The van der Waals surface area contributed by atoms with E-state index in [-0.39, 0.29) is 5.91 Å². The minimum Gasteiger partial charge on any atom is -0.297 e. The van der Waals surface area contributed by atoms with Gasteiger partial charge in [0.1, 0.15) is 4.32 Å². The van der Waals surface area contributed by atoms with Crippen LogP contribution >= 0.6 is 115 Å². The van der Waals surface area contributed by atoms with Crippen LogP contribution in [0.15, 0.2) is 59.5 Å². The molecule has 0 N–H and O–H groups in total. The summed E-state index contributed by atoms with van der Waals surface area (Å²) in [6.07, 6.45) is 42.9. The number of thiocarbonyl (C=S) groups is 1. The number of aldehydes is 2. The lowest BCUT2D eigenvalue weighted by Gasteiger charge is -2.21. The van der Waals surface area contributed by atoms with Gasteiger partial charge in [-0.2, -0.15) is 0 Å². The van der Waals surface area contributed by atoms with Crippen LogP contribution in [-0.2, 0) is 30.5 Å². The molecule has 0 aromatic carbocycles. The number of fused-ring (bicyclic) bond motifs is 1. The number of rotatable bonds is 43. The Bertz CT molecular complexity index is 3380. The second-order valence-corrected chi connectivity index (χ2v) is 35.2. The minimum atomic E-state index is 0.0466. The van der Waals surface area contributed by atoms with Crippen molar-refractivity contribution in [3.63, 3.8) is 0 Å². The molecule has 1 saturated heterocycles. The number of thioether (sulfide) groups is 1. The molecule has 0 aliphatic carbocycles.